The molecule has 0 fully saturated rings. The third-order valence-corrected chi connectivity index (χ3v) is 2.39. The van der Waals surface area contributed by atoms with Gasteiger partial charge in [0.05, 0.1) is 11.1 Å². The molecule has 0 amide bonds. The van der Waals surface area contributed by atoms with E-state index in [4.69, 9.17) is 10.2 Å². The summed E-state index contributed by atoms with van der Waals surface area (Å²) in [6.45, 7) is 0. The molecule has 0 saturated carbocycles. The van der Waals surface area contributed by atoms with Gasteiger partial charge in [-0.05, 0) is 48.5 Å². The first kappa shape index (κ1) is 21.5. The largest absolute Gasteiger partial charge is 0.508 e. The Morgan fingerprint density at radius 1 is 0.522 bits per heavy atom. The van der Waals surface area contributed by atoms with Gasteiger partial charge in [-0.2, -0.15) is 26.3 Å². The molecule has 0 aliphatic carbocycles. The molecule has 0 aromatic heterocycles. The molecule has 0 spiro atoms. The summed E-state index contributed by atoms with van der Waals surface area (Å²) in [4.78, 5) is 0. The maximum Gasteiger partial charge on any atom is 0.416 e. The summed E-state index contributed by atoms with van der Waals surface area (Å²) in [5.41, 5.74) is -1.51. The van der Waals surface area contributed by atoms with Crippen LogP contribution in [0.4, 0.5) is 26.3 Å². The molecule has 0 saturated heterocycles. The average molecular weight is 415 g/mol. The predicted octanol–water partition coefficient (Wildman–Crippen LogP) is 4.82. The summed E-state index contributed by atoms with van der Waals surface area (Å²) in [6, 6.07) is 7.33. The molecule has 0 atom stereocenters. The van der Waals surface area contributed by atoms with E-state index in [1.165, 1.54) is 0 Å². The number of benzene rings is 2. The van der Waals surface area contributed by atoms with Crippen molar-refractivity contribution >= 4 is 0 Å². The zero-order valence-corrected chi connectivity index (χ0v) is 13.7. The number of hydrogen-bond donors (Lipinski definition) is 2. The van der Waals surface area contributed by atoms with Crippen LogP contribution >= 0.6 is 0 Å². The first-order chi connectivity index (χ1) is 10.00. The van der Waals surface area contributed by atoms with Gasteiger partial charge in [0.15, 0.2) is 0 Å². The minimum Gasteiger partial charge on any atom is -0.508 e. The number of hydrogen-bond acceptors (Lipinski definition) is 2. The minimum absolute atomic E-state index is 0. The van der Waals surface area contributed by atoms with E-state index in [1.807, 2.05) is 0 Å². The van der Waals surface area contributed by atoms with E-state index in [1.54, 1.807) is 0 Å². The predicted molar refractivity (Wildman–Crippen MR) is 66.2 cm³/mol. The second-order valence-electron chi connectivity index (χ2n) is 4.09. The maximum atomic E-state index is 11.8. The van der Waals surface area contributed by atoms with E-state index in [9.17, 15) is 26.3 Å². The normalized spacial score (nSPS) is 11.0. The molecule has 2 rings (SSSR count). The number of phenols is 2. The smallest absolute Gasteiger partial charge is 0.416 e. The van der Waals surface area contributed by atoms with Crippen molar-refractivity contribution in [3.63, 3.8) is 0 Å². The monoisotopic (exact) mass is 414 g/mol. The van der Waals surface area contributed by atoms with Crippen molar-refractivity contribution in [2.24, 2.45) is 0 Å². The molecule has 0 radical (unpaired) electrons. The fraction of sp³-hybridized carbons (Fsp3) is 0.143. The van der Waals surface area contributed by atoms with Crippen LogP contribution in [0.5, 0.6) is 11.5 Å². The standard InChI is InChI=1S/2C7H5F3O.Zr/c2*8-7(9,10)5-1-3-6(11)4-2-5;/h2*1-4,11H;. The molecule has 2 nitrogen and oxygen atoms in total. The third-order valence-electron chi connectivity index (χ3n) is 2.39. The van der Waals surface area contributed by atoms with E-state index < -0.39 is 23.5 Å². The Bertz CT molecular complexity index is 535. The van der Waals surface area contributed by atoms with Gasteiger partial charge < -0.3 is 10.2 Å². The maximum absolute atomic E-state index is 11.8. The Hall–Kier alpha value is -1.50. The molecule has 124 valence electrons. The summed E-state index contributed by atoms with van der Waals surface area (Å²) in [5.74, 6) is -0.337. The zero-order chi connectivity index (χ0) is 17.0. The topological polar surface area (TPSA) is 40.5 Å². The second kappa shape index (κ2) is 8.38. The van der Waals surface area contributed by atoms with Crippen molar-refractivity contribution in [3.05, 3.63) is 59.7 Å². The van der Waals surface area contributed by atoms with Crippen molar-refractivity contribution in [3.8, 4) is 11.5 Å². The summed E-state index contributed by atoms with van der Waals surface area (Å²) < 4.78 is 71.0. The Balaban J connectivity index is 0.000000403. The third kappa shape index (κ3) is 7.54. The summed E-state index contributed by atoms with van der Waals surface area (Å²) in [5, 5.41) is 17.3. The molecule has 23 heavy (non-hydrogen) atoms. The number of rotatable bonds is 0. The number of alkyl halides is 6. The van der Waals surface area contributed by atoms with Crippen molar-refractivity contribution in [1.82, 2.24) is 0 Å². The molecule has 2 aromatic carbocycles. The van der Waals surface area contributed by atoms with Crippen LogP contribution in [-0.4, -0.2) is 10.2 Å². The second-order valence-corrected chi connectivity index (χ2v) is 4.09. The summed E-state index contributed by atoms with van der Waals surface area (Å²) in [7, 11) is 0. The molecular weight excluding hydrogens is 405 g/mol. The van der Waals surface area contributed by atoms with E-state index in [0.29, 0.717) is 0 Å². The first-order valence-corrected chi connectivity index (χ1v) is 5.72. The van der Waals surface area contributed by atoms with Gasteiger partial charge in [-0.25, -0.2) is 0 Å². The number of aromatic hydroxyl groups is 2. The van der Waals surface area contributed by atoms with Gasteiger partial charge in [-0.3, -0.25) is 0 Å². The summed E-state index contributed by atoms with van der Waals surface area (Å²) >= 11 is 0. The van der Waals surface area contributed by atoms with Gasteiger partial charge in [0.2, 0.25) is 0 Å². The van der Waals surface area contributed by atoms with Crippen molar-refractivity contribution in [1.29, 1.82) is 0 Å². The fourth-order valence-electron chi connectivity index (χ4n) is 1.30. The van der Waals surface area contributed by atoms with Gasteiger partial charge >= 0.3 is 12.4 Å². The van der Waals surface area contributed by atoms with E-state index in [0.717, 1.165) is 48.5 Å². The number of halogens is 6. The molecule has 0 aliphatic rings. The van der Waals surface area contributed by atoms with Crippen LogP contribution in [0.1, 0.15) is 11.1 Å². The number of phenolic OH excluding ortho intramolecular Hbond substituents is 2. The van der Waals surface area contributed by atoms with E-state index in [-0.39, 0.29) is 37.7 Å². The Kier molecular flexibility index (Phi) is 7.84. The average Bonchev–Trinajstić information content (AvgIpc) is 2.38. The molecule has 0 unspecified atom stereocenters. The molecule has 2 aromatic rings. The van der Waals surface area contributed by atoms with Crippen LogP contribution in [0.15, 0.2) is 48.5 Å². The quantitative estimate of drug-likeness (QED) is 0.606. The molecule has 9 heteroatoms. The zero-order valence-electron chi connectivity index (χ0n) is 11.3. The van der Waals surface area contributed by atoms with Gasteiger partial charge in [-0.1, -0.05) is 0 Å². The summed E-state index contributed by atoms with van der Waals surface area (Å²) in [6.07, 6.45) is -8.65. The van der Waals surface area contributed by atoms with Crippen LogP contribution in [0.2, 0.25) is 0 Å². The van der Waals surface area contributed by atoms with Gasteiger partial charge in [0.1, 0.15) is 11.5 Å². The Labute approximate surface area is 146 Å². The Morgan fingerprint density at radius 3 is 0.913 bits per heavy atom. The van der Waals surface area contributed by atoms with E-state index in [2.05, 4.69) is 0 Å². The van der Waals surface area contributed by atoms with E-state index >= 15 is 0 Å². The SMILES string of the molecule is Oc1ccc(C(F)(F)F)cc1.Oc1ccc(C(F)(F)F)cc1.[Zr]. The van der Waals surface area contributed by atoms with Crippen LogP contribution < -0.4 is 0 Å². The van der Waals surface area contributed by atoms with Crippen LogP contribution in [0.25, 0.3) is 0 Å². The van der Waals surface area contributed by atoms with Crippen molar-refractivity contribution < 1.29 is 62.8 Å². The molecule has 0 bridgehead atoms. The minimum atomic E-state index is -4.33. The van der Waals surface area contributed by atoms with Crippen LogP contribution in [-0.2, 0) is 38.6 Å². The molecule has 0 aliphatic heterocycles. The Morgan fingerprint density at radius 2 is 0.739 bits per heavy atom. The molecule has 0 heterocycles. The molecule has 2 N–H and O–H groups in total. The van der Waals surface area contributed by atoms with Gasteiger partial charge in [0, 0.05) is 26.2 Å². The van der Waals surface area contributed by atoms with Gasteiger partial charge in [-0.15, -0.1) is 0 Å². The molecular formula is C14H10F6O2Zr. The first-order valence-electron chi connectivity index (χ1n) is 5.72. The van der Waals surface area contributed by atoms with Gasteiger partial charge in [0.25, 0.3) is 0 Å². The van der Waals surface area contributed by atoms with Crippen LogP contribution in [0, 0.1) is 0 Å². The van der Waals surface area contributed by atoms with Crippen LogP contribution in [0.3, 0.4) is 0 Å². The fourth-order valence-corrected chi connectivity index (χ4v) is 1.30. The van der Waals surface area contributed by atoms with Crippen molar-refractivity contribution in [2.75, 3.05) is 0 Å². The van der Waals surface area contributed by atoms with Crippen molar-refractivity contribution in [2.45, 2.75) is 12.4 Å².